The van der Waals surface area contributed by atoms with E-state index in [1.54, 1.807) is 0 Å². The lowest BCUT2D eigenvalue weighted by Gasteiger charge is -2.25. The zero-order chi connectivity index (χ0) is 13.0. The number of thiophene rings is 1. The molecule has 0 amide bonds. The first-order chi connectivity index (χ1) is 8.65. The molecular formula is C13H19N3S2. The smallest absolute Gasteiger partial charge is 0.180 e. The molecule has 0 aliphatic rings. The van der Waals surface area contributed by atoms with Gasteiger partial charge in [0.15, 0.2) is 5.13 Å². The van der Waals surface area contributed by atoms with Gasteiger partial charge in [-0.15, -0.1) is 22.7 Å². The van der Waals surface area contributed by atoms with Gasteiger partial charge < -0.3 is 5.73 Å². The van der Waals surface area contributed by atoms with Crippen LogP contribution < -0.4 is 5.73 Å². The number of nitrogen functional groups attached to an aromatic ring is 1. The summed E-state index contributed by atoms with van der Waals surface area (Å²) in [5, 5.41) is 4.85. The molecule has 0 aliphatic carbocycles. The average Bonchev–Trinajstić information content (AvgIpc) is 2.95. The Bertz CT molecular complexity index is 462. The highest BCUT2D eigenvalue weighted by Gasteiger charge is 2.11. The summed E-state index contributed by atoms with van der Waals surface area (Å²) in [6.45, 7) is 6.53. The molecule has 0 fully saturated rings. The second-order valence-corrected chi connectivity index (χ2v) is 6.49. The Morgan fingerprint density at radius 3 is 2.78 bits per heavy atom. The largest absolute Gasteiger partial charge is 0.375 e. The highest BCUT2D eigenvalue weighted by Crippen LogP contribution is 2.16. The van der Waals surface area contributed by atoms with Crippen molar-refractivity contribution >= 4 is 27.8 Å². The van der Waals surface area contributed by atoms with Crippen LogP contribution in [0.3, 0.4) is 0 Å². The third kappa shape index (κ3) is 3.80. The van der Waals surface area contributed by atoms with Gasteiger partial charge >= 0.3 is 0 Å². The number of aromatic nitrogens is 1. The van der Waals surface area contributed by atoms with E-state index in [1.807, 2.05) is 11.3 Å². The lowest BCUT2D eigenvalue weighted by Crippen LogP contribution is -2.32. The Balaban J connectivity index is 1.90. The molecule has 0 aliphatic heterocycles. The molecule has 2 heterocycles. The van der Waals surface area contributed by atoms with Crippen molar-refractivity contribution in [3.63, 3.8) is 0 Å². The molecular weight excluding hydrogens is 262 g/mol. The molecule has 2 aromatic heterocycles. The monoisotopic (exact) mass is 281 g/mol. The third-order valence-corrected chi connectivity index (χ3v) is 4.48. The quantitative estimate of drug-likeness (QED) is 0.884. The maximum atomic E-state index is 5.65. The topological polar surface area (TPSA) is 42.1 Å². The van der Waals surface area contributed by atoms with E-state index in [9.17, 15) is 0 Å². The van der Waals surface area contributed by atoms with Crippen LogP contribution in [0.15, 0.2) is 22.9 Å². The van der Waals surface area contributed by atoms with E-state index in [-0.39, 0.29) is 0 Å². The molecule has 5 heteroatoms. The summed E-state index contributed by atoms with van der Waals surface area (Å²) in [7, 11) is 0. The van der Waals surface area contributed by atoms with Crippen LogP contribution in [-0.4, -0.2) is 22.5 Å². The van der Waals surface area contributed by atoms with Crippen molar-refractivity contribution in [1.29, 1.82) is 0 Å². The first kappa shape index (κ1) is 13.5. The normalized spacial score (nSPS) is 11.6. The van der Waals surface area contributed by atoms with Crippen LogP contribution in [0.25, 0.3) is 0 Å². The number of thiazole rings is 1. The Morgan fingerprint density at radius 1 is 1.39 bits per heavy atom. The summed E-state index contributed by atoms with van der Waals surface area (Å²) in [6, 6.07) is 4.85. The number of nitrogens with zero attached hydrogens (tertiary/aromatic N) is 2. The summed E-state index contributed by atoms with van der Waals surface area (Å²) < 4.78 is 0. The summed E-state index contributed by atoms with van der Waals surface area (Å²) >= 11 is 3.34. The van der Waals surface area contributed by atoms with Crippen molar-refractivity contribution in [2.45, 2.75) is 32.9 Å². The standard InChI is InChI=1S/C13H19N3S2/c1-10(2)16(8-12-4-3-7-17-12)6-5-11-9-18-13(14)15-11/h3-4,7,9-10H,5-6,8H2,1-2H3,(H2,14,15). The molecule has 0 atom stereocenters. The molecule has 0 bridgehead atoms. The minimum atomic E-state index is 0.545. The molecule has 2 N–H and O–H groups in total. The maximum Gasteiger partial charge on any atom is 0.180 e. The van der Waals surface area contributed by atoms with Crippen molar-refractivity contribution in [3.05, 3.63) is 33.5 Å². The Labute approximate surface area is 116 Å². The third-order valence-electron chi connectivity index (χ3n) is 2.89. The van der Waals surface area contributed by atoms with E-state index >= 15 is 0 Å². The minimum absolute atomic E-state index is 0.545. The Morgan fingerprint density at radius 2 is 2.22 bits per heavy atom. The van der Waals surface area contributed by atoms with Gasteiger partial charge in [-0.2, -0.15) is 0 Å². The molecule has 3 nitrogen and oxygen atoms in total. The van der Waals surface area contributed by atoms with Gasteiger partial charge in [-0.05, 0) is 25.3 Å². The van der Waals surface area contributed by atoms with E-state index in [2.05, 4.69) is 46.6 Å². The molecule has 98 valence electrons. The van der Waals surface area contributed by atoms with Gasteiger partial charge in [0.05, 0.1) is 5.69 Å². The van der Waals surface area contributed by atoms with Crippen molar-refractivity contribution in [3.8, 4) is 0 Å². The van der Waals surface area contributed by atoms with Gasteiger partial charge in [0.1, 0.15) is 0 Å². The van der Waals surface area contributed by atoms with Crippen LogP contribution in [0, 0.1) is 0 Å². The fraction of sp³-hybridized carbons (Fsp3) is 0.462. The Kier molecular flexibility index (Phi) is 4.74. The van der Waals surface area contributed by atoms with Gasteiger partial charge in [-0.3, -0.25) is 4.90 Å². The first-order valence-corrected chi connectivity index (χ1v) is 7.87. The van der Waals surface area contributed by atoms with Gasteiger partial charge in [0, 0.05) is 35.8 Å². The minimum Gasteiger partial charge on any atom is -0.375 e. The molecule has 18 heavy (non-hydrogen) atoms. The van der Waals surface area contributed by atoms with Crippen LogP contribution in [0.1, 0.15) is 24.4 Å². The maximum absolute atomic E-state index is 5.65. The van der Waals surface area contributed by atoms with Crippen LogP contribution in [0.4, 0.5) is 5.13 Å². The van der Waals surface area contributed by atoms with Gasteiger partial charge in [-0.1, -0.05) is 6.07 Å². The molecule has 0 aromatic carbocycles. The first-order valence-electron chi connectivity index (χ1n) is 6.11. The molecule has 2 aromatic rings. The molecule has 0 saturated carbocycles. The summed E-state index contributed by atoms with van der Waals surface area (Å²) in [6.07, 6.45) is 0.969. The van der Waals surface area contributed by atoms with Crippen LogP contribution in [0.5, 0.6) is 0 Å². The molecule has 0 saturated heterocycles. The van der Waals surface area contributed by atoms with E-state index in [1.165, 1.54) is 16.2 Å². The van der Waals surface area contributed by atoms with Gasteiger partial charge in [-0.25, -0.2) is 4.98 Å². The zero-order valence-corrected chi connectivity index (χ0v) is 12.4. The fourth-order valence-electron chi connectivity index (χ4n) is 1.82. The van der Waals surface area contributed by atoms with Crippen molar-refractivity contribution in [1.82, 2.24) is 9.88 Å². The second-order valence-electron chi connectivity index (χ2n) is 4.57. The fourth-order valence-corrected chi connectivity index (χ4v) is 3.14. The lowest BCUT2D eigenvalue weighted by molar-refractivity contribution is 0.217. The molecule has 0 spiro atoms. The number of nitrogens with two attached hydrogens (primary N) is 1. The summed E-state index contributed by atoms with van der Waals surface area (Å²) in [5.41, 5.74) is 6.76. The van der Waals surface area contributed by atoms with Crippen LogP contribution in [-0.2, 0) is 13.0 Å². The summed E-state index contributed by atoms with van der Waals surface area (Å²) in [5.74, 6) is 0. The molecule has 0 radical (unpaired) electrons. The van der Waals surface area contributed by atoms with Crippen molar-refractivity contribution < 1.29 is 0 Å². The van der Waals surface area contributed by atoms with E-state index < -0.39 is 0 Å². The number of anilines is 1. The van der Waals surface area contributed by atoms with E-state index in [0.717, 1.165) is 25.2 Å². The van der Waals surface area contributed by atoms with Crippen molar-refractivity contribution in [2.24, 2.45) is 0 Å². The van der Waals surface area contributed by atoms with E-state index in [0.29, 0.717) is 11.2 Å². The highest BCUT2D eigenvalue weighted by atomic mass is 32.1. The van der Waals surface area contributed by atoms with E-state index in [4.69, 9.17) is 5.73 Å². The second kappa shape index (κ2) is 6.31. The zero-order valence-electron chi connectivity index (χ0n) is 10.8. The Hall–Kier alpha value is -0.910. The van der Waals surface area contributed by atoms with Crippen LogP contribution >= 0.6 is 22.7 Å². The van der Waals surface area contributed by atoms with Crippen molar-refractivity contribution in [2.75, 3.05) is 12.3 Å². The number of hydrogen-bond acceptors (Lipinski definition) is 5. The number of rotatable bonds is 6. The molecule has 2 rings (SSSR count). The molecule has 0 unspecified atom stereocenters. The summed E-state index contributed by atoms with van der Waals surface area (Å²) in [4.78, 5) is 8.20. The van der Waals surface area contributed by atoms with Gasteiger partial charge in [0.2, 0.25) is 0 Å². The predicted octanol–water partition coefficient (Wildman–Crippen LogP) is 3.24. The SMILES string of the molecule is CC(C)N(CCc1csc(N)n1)Cc1cccs1. The number of hydrogen-bond donors (Lipinski definition) is 1. The predicted molar refractivity (Wildman–Crippen MR) is 80.1 cm³/mol. The highest BCUT2D eigenvalue weighted by molar-refractivity contribution is 7.13. The average molecular weight is 281 g/mol. The van der Waals surface area contributed by atoms with Gasteiger partial charge in [0.25, 0.3) is 0 Å². The lowest BCUT2D eigenvalue weighted by atomic mass is 10.2. The van der Waals surface area contributed by atoms with Crippen LogP contribution in [0.2, 0.25) is 0 Å².